The second-order valence-corrected chi connectivity index (χ2v) is 7.62. The van der Waals surface area contributed by atoms with Crippen LogP contribution in [-0.4, -0.2) is 53.1 Å². The van der Waals surface area contributed by atoms with Gasteiger partial charge in [-0.15, -0.1) is 11.8 Å². The molecule has 2 aliphatic heterocycles. The van der Waals surface area contributed by atoms with Crippen molar-refractivity contribution in [3.8, 4) is 0 Å². The molecule has 1 aromatic carbocycles. The highest BCUT2D eigenvalue weighted by molar-refractivity contribution is 7.99. The molecule has 6 nitrogen and oxygen atoms in total. The first kappa shape index (κ1) is 18.2. The summed E-state index contributed by atoms with van der Waals surface area (Å²) in [5, 5.41) is 6.66. The first-order valence-electron chi connectivity index (χ1n) is 8.37. The maximum atomic E-state index is 13.2. The van der Waals surface area contributed by atoms with Gasteiger partial charge >= 0.3 is 6.03 Å². The molecule has 4 unspecified atom stereocenters. The van der Waals surface area contributed by atoms with Crippen molar-refractivity contribution >= 4 is 23.7 Å². The van der Waals surface area contributed by atoms with Gasteiger partial charge in [0.05, 0.1) is 23.6 Å². The van der Waals surface area contributed by atoms with Crippen LogP contribution in [0.5, 0.6) is 0 Å². The Bertz CT molecular complexity index is 657. The Labute approximate surface area is 151 Å². The Kier molecular flexibility index (Phi) is 5.31. The van der Waals surface area contributed by atoms with E-state index in [2.05, 4.69) is 17.6 Å². The van der Waals surface area contributed by atoms with E-state index in [9.17, 15) is 14.0 Å². The summed E-state index contributed by atoms with van der Waals surface area (Å²) in [6.07, 6.45) is 0.331. The second kappa shape index (κ2) is 7.31. The van der Waals surface area contributed by atoms with Crippen molar-refractivity contribution in [2.75, 3.05) is 19.8 Å². The molecule has 2 saturated heterocycles. The van der Waals surface area contributed by atoms with E-state index in [1.165, 1.54) is 24.1 Å². The maximum absolute atomic E-state index is 13.2. The molecule has 136 valence electrons. The molecule has 0 bridgehead atoms. The van der Waals surface area contributed by atoms with Gasteiger partial charge in [-0.05, 0) is 29.9 Å². The number of carbonyl (C=O) groups is 2. The van der Waals surface area contributed by atoms with Crippen LogP contribution in [0.1, 0.15) is 25.1 Å². The summed E-state index contributed by atoms with van der Waals surface area (Å²) >= 11 is 1.68. The van der Waals surface area contributed by atoms with Gasteiger partial charge in [0.15, 0.2) is 0 Å². The Hall–Kier alpha value is -1.64. The van der Waals surface area contributed by atoms with E-state index in [0.717, 1.165) is 17.7 Å². The minimum Gasteiger partial charge on any atom is -0.311 e. The number of carbonyl (C=O) groups excluding carboxylic acids is 2. The number of urea groups is 1. The Morgan fingerprint density at radius 3 is 2.48 bits per heavy atom. The Balaban J connectivity index is 1.91. The fourth-order valence-electron chi connectivity index (χ4n) is 3.29. The van der Waals surface area contributed by atoms with Crippen LogP contribution in [-0.2, 0) is 4.79 Å². The van der Waals surface area contributed by atoms with Crippen molar-refractivity contribution in [1.82, 2.24) is 20.4 Å². The number of imide groups is 1. The zero-order valence-electron chi connectivity index (χ0n) is 14.5. The van der Waals surface area contributed by atoms with E-state index < -0.39 is 6.17 Å². The quantitative estimate of drug-likeness (QED) is 0.853. The van der Waals surface area contributed by atoms with E-state index in [-0.39, 0.29) is 35.2 Å². The predicted octanol–water partition coefficient (Wildman–Crippen LogP) is 1.95. The van der Waals surface area contributed by atoms with Gasteiger partial charge in [0.25, 0.3) is 0 Å². The second-order valence-electron chi connectivity index (χ2n) is 6.37. The zero-order valence-corrected chi connectivity index (χ0v) is 15.3. The minimum atomic E-state index is -0.401. The molecule has 1 aromatic rings. The number of halogens is 1. The van der Waals surface area contributed by atoms with Crippen LogP contribution in [0.2, 0.25) is 0 Å². The molecule has 25 heavy (non-hydrogen) atoms. The van der Waals surface area contributed by atoms with Crippen LogP contribution in [0.25, 0.3) is 0 Å². The van der Waals surface area contributed by atoms with E-state index in [0.29, 0.717) is 0 Å². The molecule has 0 radical (unpaired) electrons. The molecule has 0 saturated carbocycles. The monoisotopic (exact) mass is 366 g/mol. The first-order valence-corrected chi connectivity index (χ1v) is 9.42. The van der Waals surface area contributed by atoms with Crippen molar-refractivity contribution in [1.29, 1.82) is 0 Å². The maximum Gasteiger partial charge on any atom is 0.327 e. The van der Waals surface area contributed by atoms with Gasteiger partial charge in [0, 0.05) is 14.1 Å². The number of nitrogens with zero attached hydrogens (tertiary/aromatic N) is 2. The number of thioether (sulfide) groups is 1. The highest BCUT2D eigenvalue weighted by Gasteiger charge is 2.50. The summed E-state index contributed by atoms with van der Waals surface area (Å²) in [6.45, 7) is 2.09. The van der Waals surface area contributed by atoms with Crippen LogP contribution in [0, 0.1) is 11.7 Å². The molecule has 2 aliphatic rings. The fraction of sp³-hybridized carbons (Fsp3) is 0.529. The number of rotatable bonds is 4. The Morgan fingerprint density at radius 1 is 1.16 bits per heavy atom. The van der Waals surface area contributed by atoms with Crippen molar-refractivity contribution in [2.24, 2.45) is 5.92 Å². The van der Waals surface area contributed by atoms with Crippen LogP contribution in [0.15, 0.2) is 24.3 Å². The van der Waals surface area contributed by atoms with Crippen molar-refractivity contribution < 1.29 is 14.0 Å². The van der Waals surface area contributed by atoms with E-state index in [4.69, 9.17) is 0 Å². The van der Waals surface area contributed by atoms with Gasteiger partial charge in [0.1, 0.15) is 5.82 Å². The normalized spacial score (nSPS) is 29.8. The van der Waals surface area contributed by atoms with Gasteiger partial charge in [-0.25, -0.2) is 9.18 Å². The molecule has 2 N–H and O–H groups in total. The Morgan fingerprint density at radius 2 is 1.84 bits per heavy atom. The van der Waals surface area contributed by atoms with Crippen molar-refractivity contribution in [3.05, 3.63) is 35.6 Å². The standard InChI is InChI=1S/C17H23FN4O2S/c1-4-9-25-15-12-14(21(2)17(24)22(3)16(12)23)19-13(20-15)10-5-7-11(18)8-6-10/h5-8,12-15,19-20H,4,9H2,1-3H3. The van der Waals surface area contributed by atoms with Gasteiger partial charge in [-0.2, -0.15) is 0 Å². The molecule has 0 aromatic heterocycles. The van der Waals surface area contributed by atoms with Crippen molar-refractivity contribution in [3.63, 3.8) is 0 Å². The molecule has 2 heterocycles. The van der Waals surface area contributed by atoms with Gasteiger partial charge < -0.3 is 4.90 Å². The largest absolute Gasteiger partial charge is 0.327 e. The molecule has 0 aliphatic carbocycles. The smallest absolute Gasteiger partial charge is 0.311 e. The fourth-order valence-corrected chi connectivity index (χ4v) is 4.49. The average Bonchev–Trinajstić information content (AvgIpc) is 2.62. The van der Waals surface area contributed by atoms with Crippen molar-refractivity contribution in [2.45, 2.75) is 31.0 Å². The average molecular weight is 366 g/mol. The number of nitrogens with one attached hydrogen (secondary N) is 2. The number of hydrogen-bond acceptors (Lipinski definition) is 5. The molecular weight excluding hydrogens is 343 g/mol. The molecule has 3 rings (SSSR count). The summed E-state index contributed by atoms with van der Waals surface area (Å²) in [7, 11) is 3.22. The lowest BCUT2D eigenvalue weighted by molar-refractivity contribution is -0.140. The molecule has 3 amide bonds. The van der Waals surface area contributed by atoms with Gasteiger partial charge in [0.2, 0.25) is 5.91 Å². The number of hydrogen-bond donors (Lipinski definition) is 2. The molecule has 2 fully saturated rings. The van der Waals surface area contributed by atoms with Crippen LogP contribution < -0.4 is 10.6 Å². The number of amides is 3. The predicted molar refractivity (Wildman–Crippen MR) is 95.2 cm³/mol. The van der Waals surface area contributed by atoms with Crippen LogP contribution in [0.3, 0.4) is 0 Å². The molecule has 4 atom stereocenters. The van der Waals surface area contributed by atoms with Crippen LogP contribution >= 0.6 is 11.8 Å². The third-order valence-electron chi connectivity index (χ3n) is 4.66. The third kappa shape index (κ3) is 3.38. The lowest BCUT2D eigenvalue weighted by Gasteiger charge is -2.50. The zero-order chi connectivity index (χ0) is 18.1. The van der Waals surface area contributed by atoms with E-state index in [1.807, 2.05) is 0 Å². The topological polar surface area (TPSA) is 64.7 Å². The van der Waals surface area contributed by atoms with Crippen LogP contribution in [0.4, 0.5) is 9.18 Å². The van der Waals surface area contributed by atoms with E-state index >= 15 is 0 Å². The summed E-state index contributed by atoms with van der Waals surface area (Å²) in [6, 6.07) is 5.92. The third-order valence-corrected chi connectivity index (χ3v) is 6.09. The first-order chi connectivity index (χ1) is 11.9. The molecular formula is C17H23FN4O2S. The lowest BCUT2D eigenvalue weighted by atomic mass is 9.96. The number of benzene rings is 1. The molecule has 8 heteroatoms. The highest BCUT2D eigenvalue weighted by atomic mass is 32.2. The van der Waals surface area contributed by atoms with E-state index in [1.54, 1.807) is 35.8 Å². The minimum absolute atomic E-state index is 0.133. The summed E-state index contributed by atoms with van der Waals surface area (Å²) in [5.74, 6) is 0.0578. The summed E-state index contributed by atoms with van der Waals surface area (Å²) in [5.41, 5.74) is 0.870. The molecule has 0 spiro atoms. The lowest BCUT2D eigenvalue weighted by Crippen LogP contribution is -2.72. The SMILES string of the molecule is CCCSC1NC(c2ccc(F)cc2)NC2C1C(=O)N(C)C(=O)N2C. The highest BCUT2D eigenvalue weighted by Crippen LogP contribution is 2.34. The van der Waals surface area contributed by atoms with Gasteiger partial charge in [-0.1, -0.05) is 19.1 Å². The summed E-state index contributed by atoms with van der Waals surface area (Å²) in [4.78, 5) is 27.8. The number of fused-ring (bicyclic) bond motifs is 1. The summed E-state index contributed by atoms with van der Waals surface area (Å²) < 4.78 is 13.2. The van der Waals surface area contributed by atoms with Gasteiger partial charge in [-0.3, -0.25) is 20.3 Å².